The summed E-state index contributed by atoms with van der Waals surface area (Å²) in [6, 6.07) is 2.96. The Morgan fingerprint density at radius 3 is 2.62 bits per heavy atom. The quantitative estimate of drug-likeness (QED) is 0.630. The van der Waals surface area contributed by atoms with Gasteiger partial charge in [-0.3, -0.25) is 0 Å². The lowest BCUT2D eigenvalue weighted by Crippen LogP contribution is -2.11. The van der Waals surface area contributed by atoms with Crippen LogP contribution >= 0.6 is 11.6 Å². The molecule has 0 fully saturated rings. The summed E-state index contributed by atoms with van der Waals surface area (Å²) < 4.78 is 5.05. The van der Waals surface area contributed by atoms with Crippen molar-refractivity contribution in [2.45, 2.75) is 13.8 Å². The average Bonchev–Trinajstić information content (AvgIpc) is 2.19. The van der Waals surface area contributed by atoms with Gasteiger partial charge >= 0.3 is 5.97 Å². The highest BCUT2D eigenvalue weighted by molar-refractivity contribution is 6.36. The van der Waals surface area contributed by atoms with Gasteiger partial charge in [0.05, 0.1) is 22.9 Å². The van der Waals surface area contributed by atoms with Crippen LogP contribution in [0.1, 0.15) is 24.2 Å². The van der Waals surface area contributed by atoms with Crippen molar-refractivity contribution in [3.8, 4) is 0 Å². The average molecular weight is 243 g/mol. The molecule has 0 saturated carbocycles. The van der Waals surface area contributed by atoms with Crippen molar-refractivity contribution >= 4 is 28.9 Å². The molecule has 0 saturated heterocycles. The maximum absolute atomic E-state index is 11.7. The number of nitrogens with two attached hydrogens (primary N) is 2. The molecule has 0 aliphatic carbocycles. The Labute approximate surface area is 99.5 Å². The van der Waals surface area contributed by atoms with Gasteiger partial charge in [0.1, 0.15) is 0 Å². The SMILES string of the molecule is CC(C)COC(=O)c1cc(N)cc(N)c1Cl. The summed E-state index contributed by atoms with van der Waals surface area (Å²) in [5.74, 6) is -0.237. The van der Waals surface area contributed by atoms with Gasteiger partial charge in [-0.15, -0.1) is 0 Å². The molecular weight excluding hydrogens is 228 g/mol. The van der Waals surface area contributed by atoms with Crippen LogP contribution in [0.4, 0.5) is 11.4 Å². The van der Waals surface area contributed by atoms with Crippen molar-refractivity contribution < 1.29 is 9.53 Å². The van der Waals surface area contributed by atoms with E-state index in [0.717, 1.165) is 0 Å². The van der Waals surface area contributed by atoms with E-state index in [2.05, 4.69) is 0 Å². The van der Waals surface area contributed by atoms with Gasteiger partial charge in [0.2, 0.25) is 0 Å². The van der Waals surface area contributed by atoms with Gasteiger partial charge in [-0.1, -0.05) is 25.4 Å². The van der Waals surface area contributed by atoms with E-state index in [-0.39, 0.29) is 22.2 Å². The number of nitrogen functional groups attached to an aromatic ring is 2. The van der Waals surface area contributed by atoms with E-state index in [1.54, 1.807) is 0 Å². The molecule has 4 N–H and O–H groups in total. The molecule has 0 unspecified atom stereocenters. The zero-order valence-electron chi connectivity index (χ0n) is 9.29. The molecule has 0 aromatic heterocycles. The van der Waals surface area contributed by atoms with Crippen LogP contribution < -0.4 is 11.5 Å². The molecule has 0 aliphatic heterocycles. The molecule has 0 heterocycles. The molecule has 1 aromatic rings. The summed E-state index contributed by atoms with van der Waals surface area (Å²) in [7, 11) is 0. The van der Waals surface area contributed by atoms with E-state index in [0.29, 0.717) is 12.3 Å². The second kappa shape index (κ2) is 5.07. The Bertz CT molecular complexity index is 405. The van der Waals surface area contributed by atoms with Gasteiger partial charge in [0.15, 0.2) is 0 Å². The molecule has 0 spiro atoms. The lowest BCUT2D eigenvalue weighted by molar-refractivity contribution is 0.0459. The molecule has 16 heavy (non-hydrogen) atoms. The molecule has 0 aliphatic rings. The second-order valence-corrected chi connectivity index (χ2v) is 4.34. The number of esters is 1. The Morgan fingerprint density at radius 2 is 2.06 bits per heavy atom. The lowest BCUT2D eigenvalue weighted by atomic mass is 10.1. The molecule has 5 heteroatoms. The van der Waals surface area contributed by atoms with Crippen LogP contribution in [0.3, 0.4) is 0 Å². The number of hydrogen-bond acceptors (Lipinski definition) is 4. The predicted molar refractivity (Wildman–Crippen MR) is 65.4 cm³/mol. The van der Waals surface area contributed by atoms with Crippen LogP contribution in [0, 0.1) is 5.92 Å². The number of rotatable bonds is 3. The second-order valence-electron chi connectivity index (χ2n) is 3.96. The molecule has 0 radical (unpaired) electrons. The summed E-state index contributed by atoms with van der Waals surface area (Å²) in [4.78, 5) is 11.7. The molecule has 4 nitrogen and oxygen atoms in total. The van der Waals surface area contributed by atoms with E-state index >= 15 is 0 Å². The Balaban J connectivity index is 2.91. The number of anilines is 2. The van der Waals surface area contributed by atoms with Gasteiger partial charge in [-0.25, -0.2) is 4.79 Å². The number of carbonyl (C=O) groups is 1. The molecule has 1 aromatic carbocycles. The standard InChI is InChI=1S/C11H15ClN2O2/c1-6(2)5-16-11(15)8-3-7(13)4-9(14)10(8)12/h3-4,6H,5,13-14H2,1-2H3. The van der Waals surface area contributed by atoms with E-state index in [1.165, 1.54) is 12.1 Å². The van der Waals surface area contributed by atoms with Crippen LogP contribution in [-0.4, -0.2) is 12.6 Å². The minimum absolute atomic E-state index is 0.183. The first-order valence-electron chi connectivity index (χ1n) is 4.93. The van der Waals surface area contributed by atoms with Gasteiger partial charge in [-0.05, 0) is 18.1 Å². The predicted octanol–water partition coefficient (Wildman–Crippen LogP) is 2.32. The van der Waals surface area contributed by atoms with Crippen molar-refractivity contribution in [2.75, 3.05) is 18.1 Å². The molecule has 0 atom stereocenters. The van der Waals surface area contributed by atoms with Crippen molar-refractivity contribution in [3.63, 3.8) is 0 Å². The van der Waals surface area contributed by atoms with Crippen LogP contribution in [0.2, 0.25) is 5.02 Å². The van der Waals surface area contributed by atoms with Crippen LogP contribution in [0.5, 0.6) is 0 Å². The lowest BCUT2D eigenvalue weighted by Gasteiger charge is -2.10. The van der Waals surface area contributed by atoms with Crippen LogP contribution in [0.15, 0.2) is 12.1 Å². The van der Waals surface area contributed by atoms with Crippen LogP contribution in [0.25, 0.3) is 0 Å². The Morgan fingerprint density at radius 1 is 1.44 bits per heavy atom. The summed E-state index contributed by atoms with van der Waals surface area (Å²) in [5, 5.41) is 0.183. The Hall–Kier alpha value is -1.42. The normalized spacial score (nSPS) is 10.5. The number of carbonyl (C=O) groups excluding carboxylic acids is 1. The molecule has 1 rings (SSSR count). The third kappa shape index (κ3) is 3.03. The highest BCUT2D eigenvalue weighted by Crippen LogP contribution is 2.27. The monoisotopic (exact) mass is 242 g/mol. The zero-order valence-corrected chi connectivity index (χ0v) is 10.0. The van der Waals surface area contributed by atoms with Crippen LogP contribution in [-0.2, 0) is 4.74 Å². The third-order valence-corrected chi connectivity index (χ3v) is 2.31. The fraction of sp³-hybridized carbons (Fsp3) is 0.364. The maximum Gasteiger partial charge on any atom is 0.339 e. The minimum atomic E-state index is -0.502. The molecule has 88 valence electrons. The minimum Gasteiger partial charge on any atom is -0.462 e. The van der Waals surface area contributed by atoms with Gasteiger partial charge in [-0.2, -0.15) is 0 Å². The number of hydrogen-bond donors (Lipinski definition) is 2. The smallest absolute Gasteiger partial charge is 0.339 e. The molecule has 0 amide bonds. The van der Waals surface area contributed by atoms with E-state index in [1.807, 2.05) is 13.8 Å². The van der Waals surface area contributed by atoms with Gasteiger partial charge in [0.25, 0.3) is 0 Å². The first-order valence-corrected chi connectivity index (χ1v) is 5.31. The topological polar surface area (TPSA) is 78.3 Å². The number of benzene rings is 1. The fourth-order valence-corrected chi connectivity index (χ4v) is 1.33. The van der Waals surface area contributed by atoms with Gasteiger partial charge in [0, 0.05) is 5.69 Å². The van der Waals surface area contributed by atoms with E-state index < -0.39 is 5.97 Å². The molecule has 0 bridgehead atoms. The van der Waals surface area contributed by atoms with E-state index in [4.69, 9.17) is 27.8 Å². The third-order valence-electron chi connectivity index (χ3n) is 1.89. The van der Waals surface area contributed by atoms with E-state index in [9.17, 15) is 4.79 Å². The highest BCUT2D eigenvalue weighted by atomic mass is 35.5. The molecular formula is C11H15ClN2O2. The van der Waals surface area contributed by atoms with Gasteiger partial charge < -0.3 is 16.2 Å². The van der Waals surface area contributed by atoms with Crippen molar-refractivity contribution in [2.24, 2.45) is 5.92 Å². The fourth-order valence-electron chi connectivity index (χ4n) is 1.14. The summed E-state index contributed by atoms with van der Waals surface area (Å²) in [6.07, 6.45) is 0. The summed E-state index contributed by atoms with van der Waals surface area (Å²) in [6.45, 7) is 4.23. The highest BCUT2D eigenvalue weighted by Gasteiger charge is 2.15. The summed E-state index contributed by atoms with van der Waals surface area (Å²) >= 11 is 5.89. The first kappa shape index (κ1) is 12.6. The summed E-state index contributed by atoms with van der Waals surface area (Å²) in [5.41, 5.74) is 12.0. The number of halogens is 1. The zero-order chi connectivity index (χ0) is 12.3. The first-order chi connectivity index (χ1) is 7.41. The van der Waals surface area contributed by atoms with Crippen molar-refractivity contribution in [1.82, 2.24) is 0 Å². The number of ether oxygens (including phenoxy) is 1. The van der Waals surface area contributed by atoms with Crippen molar-refractivity contribution in [3.05, 3.63) is 22.7 Å². The Kier molecular flexibility index (Phi) is 4.01. The maximum atomic E-state index is 11.7. The largest absolute Gasteiger partial charge is 0.462 e. The van der Waals surface area contributed by atoms with Crippen molar-refractivity contribution in [1.29, 1.82) is 0 Å².